The zero-order valence-corrected chi connectivity index (χ0v) is 6.46. The van der Waals surface area contributed by atoms with Gasteiger partial charge in [0.05, 0.1) is 13.6 Å². The van der Waals surface area contributed by atoms with Crippen molar-refractivity contribution >= 4 is 0 Å². The van der Waals surface area contributed by atoms with Crippen molar-refractivity contribution < 1.29 is 4.48 Å². The van der Waals surface area contributed by atoms with Gasteiger partial charge in [-0.2, -0.15) is 0 Å². The molecule has 3 atom stereocenters. The van der Waals surface area contributed by atoms with Crippen molar-refractivity contribution in [1.29, 1.82) is 0 Å². The highest BCUT2D eigenvalue weighted by molar-refractivity contribution is 4.84. The third-order valence-electron chi connectivity index (χ3n) is 3.17. The van der Waals surface area contributed by atoms with Crippen LogP contribution in [0.2, 0.25) is 0 Å². The van der Waals surface area contributed by atoms with Crippen LogP contribution in [-0.4, -0.2) is 48.8 Å². The molecule has 9 heavy (non-hydrogen) atoms. The summed E-state index contributed by atoms with van der Waals surface area (Å²) in [7, 11) is 4.59. The van der Waals surface area contributed by atoms with E-state index < -0.39 is 0 Å². The number of nitrogens with zero attached hydrogens (tertiary/aromatic N) is 2. The Kier molecular flexibility index (Phi) is 0.837. The Balaban J connectivity index is 2.19. The van der Waals surface area contributed by atoms with E-state index in [1.165, 1.54) is 17.6 Å². The minimum absolute atomic E-state index is 0.875. The Morgan fingerprint density at radius 1 is 1.56 bits per heavy atom. The number of hydrogen-bond acceptors (Lipinski definition) is 1. The molecule has 0 amide bonds. The summed E-state index contributed by atoms with van der Waals surface area (Å²) in [5.41, 5.74) is 0. The SMILES string of the molecule is CC1CN(C)C2C[N+]12C. The van der Waals surface area contributed by atoms with E-state index in [-0.39, 0.29) is 0 Å². The monoisotopic (exact) mass is 127 g/mol. The fraction of sp³-hybridized carbons (Fsp3) is 1.00. The van der Waals surface area contributed by atoms with Crippen LogP contribution in [0.1, 0.15) is 6.92 Å². The van der Waals surface area contributed by atoms with Gasteiger partial charge in [-0.25, -0.2) is 4.90 Å². The molecule has 0 aromatic rings. The summed E-state index contributed by atoms with van der Waals surface area (Å²) in [5, 5.41) is 0. The highest BCUT2D eigenvalue weighted by atomic mass is 15.7. The first-order valence-electron chi connectivity index (χ1n) is 3.70. The summed E-state index contributed by atoms with van der Waals surface area (Å²) < 4.78 is 1.32. The maximum Gasteiger partial charge on any atom is 0.195 e. The van der Waals surface area contributed by atoms with Gasteiger partial charge in [0, 0.05) is 0 Å². The Morgan fingerprint density at radius 3 is 2.33 bits per heavy atom. The average molecular weight is 127 g/mol. The summed E-state index contributed by atoms with van der Waals surface area (Å²) in [6, 6.07) is 0.875. The smallest absolute Gasteiger partial charge is 0.195 e. The molecule has 2 heterocycles. The normalized spacial score (nSPS) is 57.7. The van der Waals surface area contributed by atoms with Crippen LogP contribution in [0.5, 0.6) is 0 Å². The number of quaternary nitrogens is 1. The van der Waals surface area contributed by atoms with Crippen LogP contribution in [0.3, 0.4) is 0 Å². The topological polar surface area (TPSA) is 3.24 Å². The molecule has 2 nitrogen and oxygen atoms in total. The van der Waals surface area contributed by atoms with Gasteiger partial charge in [0.2, 0.25) is 0 Å². The van der Waals surface area contributed by atoms with E-state index in [0.29, 0.717) is 0 Å². The molecule has 2 aliphatic heterocycles. The van der Waals surface area contributed by atoms with Crippen molar-refractivity contribution in [2.45, 2.75) is 19.1 Å². The standard InChI is InChI=1S/C7H15N2/c1-6-4-8(2)7-5-9(6,7)3/h6-7H,4-5H2,1-3H3/q+1. The van der Waals surface area contributed by atoms with Crippen LogP contribution in [0, 0.1) is 0 Å². The largest absolute Gasteiger partial charge is 0.297 e. The number of piperazine rings is 1. The molecule has 2 aliphatic rings. The predicted octanol–water partition coefficient (Wildman–Crippen LogP) is 0.107. The zero-order valence-electron chi connectivity index (χ0n) is 6.46. The molecule has 0 saturated carbocycles. The molecule has 2 heteroatoms. The molecule has 0 radical (unpaired) electrons. The highest BCUT2D eigenvalue weighted by Crippen LogP contribution is 2.39. The van der Waals surface area contributed by atoms with E-state index >= 15 is 0 Å². The van der Waals surface area contributed by atoms with Crippen LogP contribution in [-0.2, 0) is 0 Å². The van der Waals surface area contributed by atoms with Gasteiger partial charge in [0.25, 0.3) is 0 Å². The maximum atomic E-state index is 2.48. The minimum atomic E-state index is 0.875. The summed E-state index contributed by atoms with van der Waals surface area (Å²) in [6.45, 7) is 5.03. The van der Waals surface area contributed by atoms with E-state index in [9.17, 15) is 0 Å². The second-order valence-electron chi connectivity index (χ2n) is 3.80. The van der Waals surface area contributed by atoms with E-state index in [4.69, 9.17) is 0 Å². The van der Waals surface area contributed by atoms with Gasteiger partial charge >= 0.3 is 0 Å². The van der Waals surface area contributed by atoms with Gasteiger partial charge in [-0.3, -0.25) is 4.48 Å². The van der Waals surface area contributed by atoms with Crippen molar-refractivity contribution in [1.82, 2.24) is 4.90 Å². The molecule has 3 unspecified atom stereocenters. The van der Waals surface area contributed by atoms with Crippen LogP contribution in [0.25, 0.3) is 0 Å². The summed E-state index contributed by atoms with van der Waals surface area (Å²) in [4.78, 5) is 2.48. The highest BCUT2D eigenvalue weighted by Gasteiger charge is 2.62. The summed E-state index contributed by atoms with van der Waals surface area (Å²) in [6.07, 6.45) is 0.875. The number of fused-ring (bicyclic) bond motifs is 1. The molecular formula is C7H15N2+. The average Bonchev–Trinajstić information content (AvgIpc) is 2.38. The maximum absolute atomic E-state index is 2.48. The minimum Gasteiger partial charge on any atom is -0.297 e. The molecule has 2 rings (SSSR count). The summed E-state index contributed by atoms with van der Waals surface area (Å²) >= 11 is 0. The molecule has 0 aromatic heterocycles. The number of likely N-dealkylation sites (N-methyl/N-ethyl adjacent to an activating group) is 2. The Bertz CT molecular complexity index is 142. The van der Waals surface area contributed by atoms with E-state index in [0.717, 1.165) is 12.2 Å². The number of hydrogen-bond donors (Lipinski definition) is 0. The fourth-order valence-corrected chi connectivity index (χ4v) is 2.09. The predicted molar refractivity (Wildman–Crippen MR) is 36.9 cm³/mol. The van der Waals surface area contributed by atoms with Gasteiger partial charge in [0.1, 0.15) is 12.6 Å². The lowest BCUT2D eigenvalue weighted by molar-refractivity contribution is -0.807. The Labute approximate surface area is 56.6 Å². The molecule has 2 saturated heterocycles. The molecule has 0 spiro atoms. The molecule has 0 bridgehead atoms. The molecular weight excluding hydrogens is 112 g/mol. The Morgan fingerprint density at radius 2 is 2.22 bits per heavy atom. The second kappa shape index (κ2) is 1.32. The lowest BCUT2D eigenvalue weighted by atomic mass is 10.3. The van der Waals surface area contributed by atoms with Crippen LogP contribution in [0.15, 0.2) is 0 Å². The molecule has 52 valence electrons. The van der Waals surface area contributed by atoms with Crippen molar-refractivity contribution in [3.05, 3.63) is 0 Å². The Hall–Kier alpha value is -0.0800. The molecule has 2 fully saturated rings. The van der Waals surface area contributed by atoms with Gasteiger partial charge in [-0.15, -0.1) is 0 Å². The van der Waals surface area contributed by atoms with Gasteiger partial charge in [-0.05, 0) is 14.0 Å². The van der Waals surface area contributed by atoms with Gasteiger partial charge < -0.3 is 0 Å². The third-order valence-corrected chi connectivity index (χ3v) is 3.17. The van der Waals surface area contributed by atoms with Gasteiger partial charge in [0.15, 0.2) is 6.17 Å². The van der Waals surface area contributed by atoms with Crippen molar-refractivity contribution in [2.24, 2.45) is 0 Å². The first-order valence-corrected chi connectivity index (χ1v) is 3.70. The molecule has 0 N–H and O–H groups in total. The van der Waals surface area contributed by atoms with Crippen LogP contribution >= 0.6 is 0 Å². The van der Waals surface area contributed by atoms with Crippen LogP contribution < -0.4 is 0 Å². The fourth-order valence-electron chi connectivity index (χ4n) is 2.09. The second-order valence-corrected chi connectivity index (χ2v) is 3.80. The quantitative estimate of drug-likeness (QED) is 0.330. The first kappa shape index (κ1) is 5.69. The van der Waals surface area contributed by atoms with Crippen LogP contribution in [0.4, 0.5) is 0 Å². The lowest BCUT2D eigenvalue weighted by Crippen LogP contribution is -2.30. The van der Waals surface area contributed by atoms with Crippen molar-refractivity contribution in [3.63, 3.8) is 0 Å². The van der Waals surface area contributed by atoms with E-state index in [1.807, 2.05) is 0 Å². The first-order chi connectivity index (χ1) is 4.14. The third kappa shape index (κ3) is 0.528. The number of rotatable bonds is 0. The van der Waals surface area contributed by atoms with E-state index in [2.05, 4.69) is 25.9 Å². The lowest BCUT2D eigenvalue weighted by Gasteiger charge is -2.13. The zero-order chi connectivity index (χ0) is 6.65. The molecule has 0 aromatic carbocycles. The van der Waals surface area contributed by atoms with Crippen molar-refractivity contribution in [2.75, 3.05) is 27.2 Å². The molecule has 0 aliphatic carbocycles. The van der Waals surface area contributed by atoms with Crippen molar-refractivity contribution in [3.8, 4) is 0 Å². The van der Waals surface area contributed by atoms with Gasteiger partial charge in [-0.1, -0.05) is 0 Å². The van der Waals surface area contributed by atoms with E-state index in [1.54, 1.807) is 0 Å². The summed E-state index contributed by atoms with van der Waals surface area (Å²) in [5.74, 6) is 0.